The van der Waals surface area contributed by atoms with E-state index in [4.69, 9.17) is 0 Å². The number of nitrogens with one attached hydrogen (secondary N) is 2. The molecule has 0 spiro atoms. The number of aromatic nitrogens is 3. The lowest BCUT2D eigenvalue weighted by atomic mass is 10.2. The number of anilines is 3. The van der Waals surface area contributed by atoms with Gasteiger partial charge in [-0.25, -0.2) is 4.68 Å². The van der Waals surface area contributed by atoms with Crippen molar-refractivity contribution in [1.29, 1.82) is 0 Å². The average molecular weight is 279 g/mol. The van der Waals surface area contributed by atoms with Gasteiger partial charge in [0.1, 0.15) is 6.33 Å². The van der Waals surface area contributed by atoms with E-state index in [9.17, 15) is 0 Å². The van der Waals surface area contributed by atoms with E-state index < -0.39 is 0 Å². The number of hydrogen-bond acceptors (Lipinski definition) is 4. The van der Waals surface area contributed by atoms with E-state index >= 15 is 0 Å². The summed E-state index contributed by atoms with van der Waals surface area (Å²) in [5.41, 5.74) is 4.17. The van der Waals surface area contributed by atoms with Crippen molar-refractivity contribution in [2.75, 3.05) is 17.7 Å². The predicted octanol–water partition coefficient (Wildman–Crippen LogP) is 3.36. The third-order valence-electron chi connectivity index (χ3n) is 3.29. The monoisotopic (exact) mass is 279 g/mol. The van der Waals surface area contributed by atoms with Crippen LogP contribution in [-0.4, -0.2) is 21.8 Å². The maximum absolute atomic E-state index is 4.45. The van der Waals surface area contributed by atoms with Crippen LogP contribution in [-0.2, 0) is 0 Å². The van der Waals surface area contributed by atoms with E-state index in [0.717, 1.165) is 22.6 Å². The lowest BCUT2D eigenvalue weighted by Gasteiger charge is -2.08. The molecule has 0 saturated carbocycles. The smallest absolute Gasteiger partial charge is 0.246 e. The zero-order valence-electron chi connectivity index (χ0n) is 12.0. The van der Waals surface area contributed by atoms with E-state index in [-0.39, 0.29) is 0 Å². The molecule has 5 nitrogen and oxygen atoms in total. The molecule has 5 heteroatoms. The fourth-order valence-corrected chi connectivity index (χ4v) is 2.06. The van der Waals surface area contributed by atoms with Crippen LogP contribution in [0.25, 0.3) is 5.69 Å². The number of nitrogens with zero attached hydrogens (tertiary/aromatic N) is 3. The number of benzene rings is 2. The van der Waals surface area contributed by atoms with Gasteiger partial charge in [0.15, 0.2) is 0 Å². The van der Waals surface area contributed by atoms with Crippen molar-refractivity contribution in [2.24, 2.45) is 0 Å². The molecular formula is C16H17N5. The molecule has 2 aromatic carbocycles. The van der Waals surface area contributed by atoms with Crippen LogP contribution >= 0.6 is 0 Å². The Morgan fingerprint density at radius 3 is 2.62 bits per heavy atom. The van der Waals surface area contributed by atoms with Crippen molar-refractivity contribution < 1.29 is 0 Å². The number of rotatable bonds is 4. The summed E-state index contributed by atoms with van der Waals surface area (Å²) >= 11 is 0. The summed E-state index contributed by atoms with van der Waals surface area (Å²) in [4.78, 5) is 4.30. The molecule has 0 unspecified atom stereocenters. The predicted molar refractivity (Wildman–Crippen MR) is 85.4 cm³/mol. The van der Waals surface area contributed by atoms with Crippen LogP contribution in [0.15, 0.2) is 54.9 Å². The quantitative estimate of drug-likeness (QED) is 0.769. The number of aryl methyl sites for hydroxylation is 1. The lowest BCUT2D eigenvalue weighted by molar-refractivity contribution is 0.882. The summed E-state index contributed by atoms with van der Waals surface area (Å²) in [6.07, 6.45) is 1.70. The van der Waals surface area contributed by atoms with E-state index in [2.05, 4.69) is 33.7 Å². The van der Waals surface area contributed by atoms with Crippen molar-refractivity contribution in [1.82, 2.24) is 14.8 Å². The molecule has 3 aromatic rings. The van der Waals surface area contributed by atoms with Crippen molar-refractivity contribution in [2.45, 2.75) is 6.92 Å². The van der Waals surface area contributed by atoms with Gasteiger partial charge in [-0.05, 0) is 36.8 Å². The minimum atomic E-state index is 0.579. The van der Waals surface area contributed by atoms with Crippen molar-refractivity contribution in [3.05, 3.63) is 60.4 Å². The highest BCUT2D eigenvalue weighted by atomic mass is 15.4. The van der Waals surface area contributed by atoms with Crippen LogP contribution in [0.3, 0.4) is 0 Å². The maximum atomic E-state index is 4.45. The van der Waals surface area contributed by atoms with Crippen LogP contribution in [0.5, 0.6) is 0 Å². The van der Waals surface area contributed by atoms with Gasteiger partial charge < -0.3 is 10.6 Å². The van der Waals surface area contributed by atoms with Crippen molar-refractivity contribution >= 4 is 17.3 Å². The Morgan fingerprint density at radius 1 is 1.05 bits per heavy atom. The van der Waals surface area contributed by atoms with Crippen LogP contribution in [0, 0.1) is 6.92 Å². The van der Waals surface area contributed by atoms with Gasteiger partial charge in [-0.2, -0.15) is 4.98 Å². The van der Waals surface area contributed by atoms with Gasteiger partial charge in [0.05, 0.1) is 5.69 Å². The molecule has 1 aromatic heterocycles. The minimum absolute atomic E-state index is 0.579. The maximum Gasteiger partial charge on any atom is 0.246 e. The Labute approximate surface area is 123 Å². The topological polar surface area (TPSA) is 54.8 Å². The Kier molecular flexibility index (Phi) is 3.55. The van der Waals surface area contributed by atoms with Crippen LogP contribution in [0.4, 0.5) is 17.3 Å². The van der Waals surface area contributed by atoms with Gasteiger partial charge in [-0.3, -0.25) is 0 Å². The van der Waals surface area contributed by atoms with E-state index in [0.29, 0.717) is 5.95 Å². The Balaban J connectivity index is 1.85. The van der Waals surface area contributed by atoms with Crippen LogP contribution < -0.4 is 10.6 Å². The summed E-state index contributed by atoms with van der Waals surface area (Å²) < 4.78 is 1.75. The summed E-state index contributed by atoms with van der Waals surface area (Å²) in [6, 6.07) is 16.1. The molecule has 0 amide bonds. The van der Waals surface area contributed by atoms with Gasteiger partial charge in [-0.1, -0.05) is 24.3 Å². The lowest BCUT2D eigenvalue weighted by Crippen LogP contribution is -1.99. The van der Waals surface area contributed by atoms with Gasteiger partial charge in [0, 0.05) is 18.4 Å². The molecule has 3 rings (SSSR count). The summed E-state index contributed by atoms with van der Waals surface area (Å²) in [6.45, 7) is 2.05. The molecule has 0 fully saturated rings. The summed E-state index contributed by atoms with van der Waals surface area (Å²) in [5, 5.41) is 10.8. The molecule has 21 heavy (non-hydrogen) atoms. The van der Waals surface area contributed by atoms with E-state index in [1.54, 1.807) is 11.0 Å². The zero-order chi connectivity index (χ0) is 14.7. The van der Waals surface area contributed by atoms with Gasteiger partial charge in [0.25, 0.3) is 0 Å². The molecule has 0 bridgehead atoms. The van der Waals surface area contributed by atoms with Gasteiger partial charge >= 0.3 is 0 Å². The molecule has 0 aliphatic heterocycles. The third-order valence-corrected chi connectivity index (χ3v) is 3.29. The minimum Gasteiger partial charge on any atom is -0.388 e. The largest absolute Gasteiger partial charge is 0.388 e. The van der Waals surface area contributed by atoms with Crippen LogP contribution in [0.2, 0.25) is 0 Å². The molecule has 106 valence electrons. The second kappa shape index (κ2) is 5.66. The Hall–Kier alpha value is -2.82. The molecule has 1 heterocycles. The van der Waals surface area contributed by atoms with E-state index in [1.165, 1.54) is 0 Å². The molecule has 2 N–H and O–H groups in total. The highest BCUT2D eigenvalue weighted by Crippen LogP contribution is 2.22. The second-order valence-electron chi connectivity index (χ2n) is 4.75. The Morgan fingerprint density at radius 2 is 1.86 bits per heavy atom. The number of para-hydroxylation sites is 1. The SMILES string of the molecule is CNc1ccc(C)c(Nc2ncn(-c3ccccc3)n2)c1. The highest BCUT2D eigenvalue weighted by molar-refractivity contribution is 5.64. The normalized spacial score (nSPS) is 10.4. The molecule has 0 aliphatic rings. The summed E-state index contributed by atoms with van der Waals surface area (Å²) in [5.74, 6) is 0.579. The summed E-state index contributed by atoms with van der Waals surface area (Å²) in [7, 11) is 1.90. The fourth-order valence-electron chi connectivity index (χ4n) is 2.06. The first kappa shape index (κ1) is 13.2. The molecule has 0 radical (unpaired) electrons. The Bertz CT molecular complexity index is 733. The molecule has 0 aliphatic carbocycles. The number of hydrogen-bond donors (Lipinski definition) is 2. The van der Waals surface area contributed by atoms with Crippen LogP contribution in [0.1, 0.15) is 5.56 Å². The van der Waals surface area contributed by atoms with E-state index in [1.807, 2.05) is 49.5 Å². The first-order valence-corrected chi connectivity index (χ1v) is 6.79. The van der Waals surface area contributed by atoms with Gasteiger partial charge in [0.2, 0.25) is 5.95 Å². The molecule has 0 atom stereocenters. The highest BCUT2D eigenvalue weighted by Gasteiger charge is 2.05. The average Bonchev–Trinajstić information content (AvgIpc) is 2.99. The molecule has 0 saturated heterocycles. The standard InChI is InChI=1S/C16H17N5/c1-12-8-9-13(17-2)10-15(12)19-16-18-11-21(20-16)14-6-4-3-5-7-14/h3-11,17H,1-2H3,(H,19,20). The zero-order valence-corrected chi connectivity index (χ0v) is 12.0. The first-order chi connectivity index (χ1) is 10.3. The fraction of sp³-hybridized carbons (Fsp3) is 0.125. The van der Waals surface area contributed by atoms with Gasteiger partial charge in [-0.15, -0.1) is 5.10 Å². The third kappa shape index (κ3) is 2.86. The van der Waals surface area contributed by atoms with Crippen molar-refractivity contribution in [3.8, 4) is 5.69 Å². The second-order valence-corrected chi connectivity index (χ2v) is 4.75. The first-order valence-electron chi connectivity index (χ1n) is 6.79. The van der Waals surface area contributed by atoms with Crippen molar-refractivity contribution in [3.63, 3.8) is 0 Å². The molecular weight excluding hydrogens is 262 g/mol.